The Kier molecular flexibility index (Phi) is 8.56. The van der Waals surface area contributed by atoms with Gasteiger partial charge in [-0.2, -0.15) is 8.78 Å². The summed E-state index contributed by atoms with van der Waals surface area (Å²) in [5, 5.41) is 0.913. The molecule has 0 radical (unpaired) electrons. The molecule has 0 aliphatic rings. The van der Waals surface area contributed by atoms with Crippen molar-refractivity contribution in [1.29, 1.82) is 0 Å². The van der Waals surface area contributed by atoms with Gasteiger partial charge in [-0.15, -0.1) is 0 Å². The quantitative estimate of drug-likeness (QED) is 0.192. The fourth-order valence-electron chi connectivity index (χ4n) is 4.39. The minimum atomic E-state index is -3.37. The molecule has 9 heteroatoms. The van der Waals surface area contributed by atoms with Crippen LogP contribution in [0.5, 0.6) is 5.75 Å². The summed E-state index contributed by atoms with van der Waals surface area (Å²) in [7, 11) is 1.44. The van der Waals surface area contributed by atoms with E-state index in [1.54, 1.807) is 30.3 Å². The summed E-state index contributed by atoms with van der Waals surface area (Å²) in [5.41, 5.74) is 1.59. The van der Waals surface area contributed by atoms with Gasteiger partial charge in [-0.05, 0) is 77.6 Å². The van der Waals surface area contributed by atoms with Crippen molar-refractivity contribution >= 4 is 10.8 Å². The van der Waals surface area contributed by atoms with Gasteiger partial charge in [0.05, 0.1) is 6.61 Å². The molecule has 0 N–H and O–H groups in total. The molecule has 0 aliphatic carbocycles. The van der Waals surface area contributed by atoms with Crippen LogP contribution in [0.15, 0.2) is 54.6 Å². The van der Waals surface area contributed by atoms with Crippen molar-refractivity contribution in [2.24, 2.45) is 0 Å². The second-order valence-corrected chi connectivity index (χ2v) is 8.83. The number of methoxy groups -OCH3 is 1. The molecule has 0 aromatic heterocycles. The van der Waals surface area contributed by atoms with E-state index in [9.17, 15) is 26.3 Å². The molecule has 0 heterocycles. The van der Waals surface area contributed by atoms with E-state index in [0.717, 1.165) is 17.7 Å². The van der Waals surface area contributed by atoms with E-state index in [1.807, 2.05) is 0 Å². The highest BCUT2D eigenvalue weighted by atomic mass is 19.3. The van der Waals surface area contributed by atoms with E-state index in [0.29, 0.717) is 28.3 Å². The van der Waals surface area contributed by atoms with Crippen molar-refractivity contribution < 1.29 is 40.2 Å². The van der Waals surface area contributed by atoms with E-state index in [1.165, 1.54) is 19.2 Å². The maximum Gasteiger partial charge on any atom is 0.387 e. The molecule has 38 heavy (non-hydrogen) atoms. The highest BCUT2D eigenvalue weighted by molar-refractivity contribution is 5.84. The third-order valence-corrected chi connectivity index (χ3v) is 6.22. The Morgan fingerprint density at radius 3 is 1.92 bits per heavy atom. The number of fused-ring (bicyclic) bond motifs is 1. The molecule has 4 aromatic carbocycles. The summed E-state index contributed by atoms with van der Waals surface area (Å²) in [5.74, 6) is -5.49. The number of hydrogen-bond acceptors (Lipinski definition) is 2. The summed E-state index contributed by atoms with van der Waals surface area (Å²) in [6, 6.07) is 12.5. The summed E-state index contributed by atoms with van der Waals surface area (Å²) in [4.78, 5) is 0. The van der Waals surface area contributed by atoms with Crippen LogP contribution in [0.2, 0.25) is 0 Å². The van der Waals surface area contributed by atoms with E-state index in [2.05, 4.69) is 4.74 Å². The first-order chi connectivity index (χ1) is 18.2. The molecule has 0 aliphatic heterocycles. The number of aryl methyl sites for hydroxylation is 3. The molecule has 0 bridgehead atoms. The van der Waals surface area contributed by atoms with Crippen molar-refractivity contribution in [3.8, 4) is 5.75 Å². The normalized spacial score (nSPS) is 11.5. The Labute approximate surface area is 214 Å². The number of halogens is 7. The maximum absolute atomic E-state index is 15.2. The highest BCUT2D eigenvalue weighted by Crippen LogP contribution is 2.28. The fraction of sp³-hybridized carbons (Fsp3) is 0.241. The van der Waals surface area contributed by atoms with Crippen molar-refractivity contribution in [1.82, 2.24) is 0 Å². The van der Waals surface area contributed by atoms with Gasteiger partial charge in [0.15, 0.2) is 17.4 Å². The molecular weight excluding hydrogens is 513 g/mol. The maximum atomic E-state index is 15.2. The van der Waals surface area contributed by atoms with Crippen LogP contribution < -0.4 is 4.74 Å². The summed E-state index contributed by atoms with van der Waals surface area (Å²) in [6.07, 6.45) is 0.614. The Balaban J connectivity index is 1.46. The van der Waals surface area contributed by atoms with Crippen LogP contribution in [-0.4, -0.2) is 13.7 Å². The van der Waals surface area contributed by atoms with E-state index < -0.39 is 41.4 Å². The fourth-order valence-corrected chi connectivity index (χ4v) is 4.39. The van der Waals surface area contributed by atoms with E-state index in [4.69, 9.17) is 4.74 Å². The predicted octanol–water partition coefficient (Wildman–Crippen LogP) is 7.85. The number of hydrogen-bond donors (Lipinski definition) is 0. The number of rotatable bonds is 10. The lowest BCUT2D eigenvalue weighted by Crippen LogP contribution is -2.06. The lowest BCUT2D eigenvalue weighted by molar-refractivity contribution is -0.0546. The SMILES string of the molecule is COCc1cc(F)c(CCc2ccc3c(F)c(CCc4cc(F)c(OC(F)F)c(F)c4)ccc3c2)c(F)c1. The Morgan fingerprint density at radius 1 is 0.658 bits per heavy atom. The highest BCUT2D eigenvalue weighted by Gasteiger charge is 2.18. The molecule has 0 fully saturated rings. The Bertz CT molecular complexity index is 1410. The molecule has 4 aromatic rings. The van der Waals surface area contributed by atoms with Gasteiger partial charge in [-0.1, -0.05) is 30.3 Å². The molecule has 0 spiro atoms. The molecule has 200 valence electrons. The van der Waals surface area contributed by atoms with Crippen LogP contribution in [0, 0.1) is 29.1 Å². The minimum Gasteiger partial charge on any atom is -0.429 e. The third-order valence-electron chi connectivity index (χ3n) is 6.22. The van der Waals surface area contributed by atoms with Gasteiger partial charge in [-0.25, -0.2) is 22.0 Å². The van der Waals surface area contributed by atoms with Crippen LogP contribution >= 0.6 is 0 Å². The van der Waals surface area contributed by atoms with Crippen LogP contribution in [0.3, 0.4) is 0 Å². The average Bonchev–Trinajstić information content (AvgIpc) is 2.85. The lowest BCUT2D eigenvalue weighted by Gasteiger charge is -2.11. The first-order valence-corrected chi connectivity index (χ1v) is 11.7. The van der Waals surface area contributed by atoms with Gasteiger partial charge in [0, 0.05) is 18.1 Å². The van der Waals surface area contributed by atoms with Crippen LogP contribution in [0.1, 0.15) is 27.8 Å². The molecule has 0 atom stereocenters. The van der Waals surface area contributed by atoms with Gasteiger partial charge in [0.25, 0.3) is 0 Å². The van der Waals surface area contributed by atoms with Gasteiger partial charge in [0.2, 0.25) is 0 Å². The third kappa shape index (κ3) is 6.27. The van der Waals surface area contributed by atoms with Crippen molar-refractivity contribution in [3.63, 3.8) is 0 Å². The van der Waals surface area contributed by atoms with Gasteiger partial charge in [0.1, 0.15) is 17.5 Å². The number of benzene rings is 4. The molecule has 2 nitrogen and oxygen atoms in total. The summed E-state index contributed by atoms with van der Waals surface area (Å²) < 4.78 is 105. The predicted molar refractivity (Wildman–Crippen MR) is 129 cm³/mol. The van der Waals surface area contributed by atoms with Crippen LogP contribution in [0.25, 0.3) is 10.8 Å². The van der Waals surface area contributed by atoms with Crippen LogP contribution in [0.4, 0.5) is 30.7 Å². The second kappa shape index (κ2) is 11.9. The lowest BCUT2D eigenvalue weighted by atomic mass is 9.97. The molecule has 0 saturated carbocycles. The second-order valence-electron chi connectivity index (χ2n) is 8.83. The topological polar surface area (TPSA) is 18.5 Å². The average molecular weight is 536 g/mol. The zero-order valence-corrected chi connectivity index (χ0v) is 20.3. The first-order valence-electron chi connectivity index (χ1n) is 11.7. The summed E-state index contributed by atoms with van der Waals surface area (Å²) in [6.45, 7) is -3.27. The van der Waals surface area contributed by atoms with Crippen molar-refractivity contribution in [3.05, 3.63) is 112 Å². The molecule has 0 unspecified atom stereocenters. The molecule has 0 saturated heterocycles. The van der Waals surface area contributed by atoms with E-state index >= 15 is 4.39 Å². The van der Waals surface area contributed by atoms with Gasteiger partial charge >= 0.3 is 6.61 Å². The van der Waals surface area contributed by atoms with Crippen molar-refractivity contribution in [2.45, 2.75) is 38.9 Å². The Morgan fingerprint density at radius 2 is 1.29 bits per heavy atom. The smallest absolute Gasteiger partial charge is 0.387 e. The first kappa shape index (κ1) is 27.4. The van der Waals surface area contributed by atoms with E-state index in [-0.39, 0.29) is 37.0 Å². The van der Waals surface area contributed by atoms with Gasteiger partial charge < -0.3 is 9.47 Å². The standard InChI is InChI=1S/C29H23F7O2/c1-37-15-18-13-23(30)22(24(31)14-18)9-4-16-3-8-21-20(10-16)7-6-19(27(21)34)5-2-17-11-25(32)28(26(33)12-17)38-29(35)36/h3,6-8,10-14,29H,2,4-5,9,15H2,1H3. The monoisotopic (exact) mass is 536 g/mol. The summed E-state index contributed by atoms with van der Waals surface area (Å²) >= 11 is 0. The minimum absolute atomic E-state index is 0.0341. The van der Waals surface area contributed by atoms with Gasteiger partial charge in [-0.3, -0.25) is 0 Å². The number of alkyl halides is 2. The zero-order chi connectivity index (χ0) is 27.4. The number of ether oxygens (including phenoxy) is 2. The van der Waals surface area contributed by atoms with Crippen molar-refractivity contribution in [2.75, 3.05) is 7.11 Å². The zero-order valence-electron chi connectivity index (χ0n) is 20.3. The Hall–Kier alpha value is -3.59. The molecule has 0 amide bonds. The molecular formula is C29H23F7O2. The van der Waals surface area contributed by atoms with Crippen LogP contribution in [-0.2, 0) is 37.0 Å². The largest absolute Gasteiger partial charge is 0.429 e. The molecule has 4 rings (SSSR count).